The highest BCUT2D eigenvalue weighted by Gasteiger charge is 2.11. The van der Waals surface area contributed by atoms with E-state index in [1.165, 1.54) is 12.1 Å². The molecule has 0 atom stereocenters. The van der Waals surface area contributed by atoms with Gasteiger partial charge in [-0.05, 0) is 48.5 Å². The van der Waals surface area contributed by atoms with Crippen LogP contribution in [0.1, 0.15) is 0 Å². The van der Waals surface area contributed by atoms with Crippen molar-refractivity contribution < 1.29 is 14.6 Å². The first-order valence-corrected chi connectivity index (χ1v) is 8.36. The molecule has 0 aliphatic carbocycles. The van der Waals surface area contributed by atoms with Gasteiger partial charge in [-0.15, -0.1) is 0 Å². The van der Waals surface area contributed by atoms with E-state index in [2.05, 4.69) is 10.6 Å². The number of anilines is 2. The Morgan fingerprint density at radius 3 is 2.23 bits per heavy atom. The maximum Gasteiger partial charge on any atom is 0.323 e. The number of rotatable bonds is 4. The number of phenols is 1. The van der Waals surface area contributed by atoms with Gasteiger partial charge in [-0.3, -0.25) is 0 Å². The number of hydrogen-bond donors (Lipinski definition) is 3. The summed E-state index contributed by atoms with van der Waals surface area (Å²) in [5.41, 5.74) is 0.666. The fourth-order valence-corrected chi connectivity index (χ4v) is 2.67. The van der Waals surface area contributed by atoms with Crippen LogP contribution >= 0.6 is 23.2 Å². The summed E-state index contributed by atoms with van der Waals surface area (Å²) in [7, 11) is 0. The van der Waals surface area contributed by atoms with Gasteiger partial charge in [-0.2, -0.15) is 0 Å². The Balaban J connectivity index is 1.63. The van der Waals surface area contributed by atoms with E-state index in [1.54, 1.807) is 24.3 Å². The number of carbonyl (C=O) groups is 1. The Kier molecular flexibility index (Phi) is 5.51. The minimum atomic E-state index is -0.546. The van der Waals surface area contributed by atoms with Crippen molar-refractivity contribution in [3.63, 3.8) is 0 Å². The highest BCUT2D eigenvalue weighted by atomic mass is 35.5. The smallest absolute Gasteiger partial charge is 0.323 e. The third-order valence-corrected chi connectivity index (χ3v) is 3.87. The number of carbonyl (C=O) groups excluding carboxylic acids is 1. The van der Waals surface area contributed by atoms with Crippen molar-refractivity contribution in [1.82, 2.24) is 0 Å². The number of ether oxygens (including phenoxy) is 1. The Morgan fingerprint density at radius 1 is 0.885 bits per heavy atom. The minimum Gasteiger partial charge on any atom is -0.504 e. The van der Waals surface area contributed by atoms with Crippen LogP contribution in [0.4, 0.5) is 16.2 Å². The van der Waals surface area contributed by atoms with Crippen LogP contribution in [-0.2, 0) is 0 Å². The number of amides is 2. The van der Waals surface area contributed by atoms with Crippen LogP contribution in [-0.4, -0.2) is 11.1 Å². The number of halogens is 2. The minimum absolute atomic E-state index is 0.0511. The second kappa shape index (κ2) is 7.99. The van der Waals surface area contributed by atoms with Gasteiger partial charge in [0.2, 0.25) is 0 Å². The number of aromatic hydroxyl groups is 1. The summed E-state index contributed by atoms with van der Waals surface area (Å²) in [5.74, 6) is 1.11. The molecule has 3 aromatic rings. The number of urea groups is 1. The molecule has 5 nitrogen and oxygen atoms in total. The molecule has 3 rings (SSSR count). The molecule has 0 bridgehead atoms. The number of hydrogen-bond acceptors (Lipinski definition) is 3. The third kappa shape index (κ3) is 4.59. The summed E-state index contributed by atoms with van der Waals surface area (Å²) in [6, 6.07) is 18.5. The lowest BCUT2D eigenvalue weighted by Gasteiger charge is -2.11. The first-order valence-electron chi connectivity index (χ1n) is 7.60. The van der Waals surface area contributed by atoms with Gasteiger partial charge >= 0.3 is 6.03 Å². The van der Waals surface area contributed by atoms with Gasteiger partial charge in [0.1, 0.15) is 11.5 Å². The van der Waals surface area contributed by atoms with Crippen molar-refractivity contribution in [2.24, 2.45) is 0 Å². The predicted molar refractivity (Wildman–Crippen MR) is 104 cm³/mol. The van der Waals surface area contributed by atoms with Gasteiger partial charge in [-0.25, -0.2) is 4.79 Å². The molecule has 0 aliphatic heterocycles. The molecule has 0 fully saturated rings. The monoisotopic (exact) mass is 388 g/mol. The van der Waals surface area contributed by atoms with Crippen molar-refractivity contribution >= 4 is 40.6 Å². The maximum atomic E-state index is 12.1. The van der Waals surface area contributed by atoms with E-state index in [0.29, 0.717) is 16.5 Å². The molecule has 2 amide bonds. The fraction of sp³-hybridized carbons (Fsp3) is 0. The molecule has 0 aromatic heterocycles. The van der Waals surface area contributed by atoms with Gasteiger partial charge in [0, 0.05) is 10.7 Å². The second-order valence-electron chi connectivity index (χ2n) is 5.30. The van der Waals surface area contributed by atoms with E-state index in [0.717, 1.165) is 5.75 Å². The quantitative estimate of drug-likeness (QED) is 0.470. The highest BCUT2D eigenvalue weighted by molar-refractivity contribution is 6.36. The summed E-state index contributed by atoms with van der Waals surface area (Å²) in [6.07, 6.45) is 0. The molecule has 7 heteroatoms. The zero-order chi connectivity index (χ0) is 18.5. The SMILES string of the molecule is O=C(Nc1ccc(Oc2ccccc2)cc1)Nc1cc(Cl)cc(Cl)c1O. The lowest BCUT2D eigenvalue weighted by molar-refractivity contribution is 0.262. The Bertz CT molecular complexity index is 916. The molecule has 0 saturated carbocycles. The van der Waals surface area contributed by atoms with E-state index in [-0.39, 0.29) is 16.5 Å². The number of benzene rings is 3. The van der Waals surface area contributed by atoms with E-state index < -0.39 is 6.03 Å². The second-order valence-corrected chi connectivity index (χ2v) is 6.15. The summed E-state index contributed by atoms with van der Waals surface area (Å²) < 4.78 is 5.69. The molecule has 3 aromatic carbocycles. The highest BCUT2D eigenvalue weighted by Crippen LogP contribution is 2.35. The zero-order valence-corrected chi connectivity index (χ0v) is 14.9. The average Bonchev–Trinajstić information content (AvgIpc) is 2.62. The zero-order valence-electron chi connectivity index (χ0n) is 13.4. The van der Waals surface area contributed by atoms with E-state index in [4.69, 9.17) is 27.9 Å². The summed E-state index contributed by atoms with van der Waals surface area (Å²) >= 11 is 11.7. The maximum absolute atomic E-state index is 12.1. The van der Waals surface area contributed by atoms with Crippen LogP contribution in [0.5, 0.6) is 17.2 Å². The molecule has 0 saturated heterocycles. The Hall–Kier alpha value is -2.89. The van der Waals surface area contributed by atoms with Gasteiger partial charge in [0.25, 0.3) is 0 Å². The van der Waals surface area contributed by atoms with Crippen LogP contribution in [0.15, 0.2) is 66.7 Å². The fourth-order valence-electron chi connectivity index (χ4n) is 2.18. The number of nitrogens with one attached hydrogen (secondary N) is 2. The van der Waals surface area contributed by atoms with E-state index >= 15 is 0 Å². The van der Waals surface area contributed by atoms with Crippen molar-refractivity contribution in [3.8, 4) is 17.2 Å². The van der Waals surface area contributed by atoms with Crippen molar-refractivity contribution in [3.05, 3.63) is 76.8 Å². The summed E-state index contributed by atoms with van der Waals surface area (Å²) in [5, 5.41) is 15.4. The number of para-hydroxylation sites is 1. The standard InChI is InChI=1S/C19H14Cl2N2O3/c20-12-10-16(21)18(24)17(11-12)23-19(25)22-13-6-8-15(9-7-13)26-14-4-2-1-3-5-14/h1-11,24H,(H2,22,23,25). The topological polar surface area (TPSA) is 70.6 Å². The molecular formula is C19H14Cl2N2O3. The molecule has 3 N–H and O–H groups in total. The molecule has 0 aliphatic rings. The first kappa shape index (κ1) is 17.9. The van der Waals surface area contributed by atoms with Crippen LogP contribution in [0, 0.1) is 0 Å². The van der Waals surface area contributed by atoms with Crippen molar-refractivity contribution in [2.45, 2.75) is 0 Å². The summed E-state index contributed by atoms with van der Waals surface area (Å²) in [4.78, 5) is 12.1. The normalized spacial score (nSPS) is 10.2. The molecule has 0 radical (unpaired) electrons. The van der Waals surface area contributed by atoms with Crippen LogP contribution in [0.2, 0.25) is 10.0 Å². The van der Waals surface area contributed by atoms with Gasteiger partial charge in [0.15, 0.2) is 5.75 Å². The lowest BCUT2D eigenvalue weighted by atomic mass is 10.3. The van der Waals surface area contributed by atoms with Crippen LogP contribution in [0.25, 0.3) is 0 Å². The summed E-state index contributed by atoms with van der Waals surface area (Å²) in [6.45, 7) is 0. The van der Waals surface area contributed by atoms with Crippen molar-refractivity contribution in [1.29, 1.82) is 0 Å². The molecule has 26 heavy (non-hydrogen) atoms. The van der Waals surface area contributed by atoms with Crippen LogP contribution in [0.3, 0.4) is 0 Å². The van der Waals surface area contributed by atoms with Gasteiger partial charge in [-0.1, -0.05) is 41.4 Å². The Morgan fingerprint density at radius 2 is 1.54 bits per heavy atom. The number of phenolic OH excluding ortho intramolecular Hbond substituents is 1. The molecular weight excluding hydrogens is 375 g/mol. The van der Waals surface area contributed by atoms with Gasteiger partial charge in [0.05, 0.1) is 10.7 Å². The van der Waals surface area contributed by atoms with Crippen LogP contribution < -0.4 is 15.4 Å². The lowest BCUT2D eigenvalue weighted by Crippen LogP contribution is -2.19. The predicted octanol–water partition coefficient (Wildman–Crippen LogP) is 6.14. The first-order chi connectivity index (χ1) is 12.5. The molecule has 0 unspecified atom stereocenters. The van der Waals surface area contributed by atoms with E-state index in [1.807, 2.05) is 30.3 Å². The molecule has 132 valence electrons. The van der Waals surface area contributed by atoms with Crippen molar-refractivity contribution in [2.75, 3.05) is 10.6 Å². The molecule has 0 spiro atoms. The van der Waals surface area contributed by atoms with E-state index in [9.17, 15) is 9.90 Å². The average molecular weight is 389 g/mol. The van der Waals surface area contributed by atoms with Gasteiger partial charge < -0.3 is 20.5 Å². The largest absolute Gasteiger partial charge is 0.504 e. The molecule has 0 heterocycles. The third-order valence-electron chi connectivity index (χ3n) is 3.37. The Labute approximate surface area is 160 Å².